The lowest BCUT2D eigenvalue weighted by molar-refractivity contribution is -0.111. The molecule has 1 aromatic heterocycles. The second kappa shape index (κ2) is 11.3. The average molecular weight is 480 g/mol. The quantitative estimate of drug-likeness (QED) is 0.341. The number of rotatable bonds is 9. The Hall–Kier alpha value is -3.95. The number of anilines is 5. The molecule has 3 aromatic rings. The van der Waals surface area contributed by atoms with E-state index in [9.17, 15) is 9.59 Å². The number of carbonyl (C=O) groups is 2. The molecule has 0 aliphatic rings. The normalized spacial score (nSPS) is 11.0. The molecule has 0 bridgehead atoms. The number of nitrogens with two attached hydrogens (primary N) is 1. The van der Waals surface area contributed by atoms with Gasteiger partial charge in [-0.15, -0.1) is 0 Å². The van der Waals surface area contributed by atoms with Crippen molar-refractivity contribution in [3.05, 3.63) is 77.0 Å². The molecule has 10 heteroatoms. The fourth-order valence-corrected chi connectivity index (χ4v) is 3.06. The molecule has 0 radical (unpaired) electrons. The van der Waals surface area contributed by atoms with Crippen molar-refractivity contribution in [2.24, 2.45) is 5.73 Å². The number of primary amides is 1. The van der Waals surface area contributed by atoms with Gasteiger partial charge in [-0.25, -0.2) is 4.98 Å². The summed E-state index contributed by atoms with van der Waals surface area (Å²) in [5, 5.41) is 9.38. The van der Waals surface area contributed by atoms with Crippen LogP contribution in [0.4, 0.5) is 28.8 Å². The monoisotopic (exact) mass is 479 g/mol. The highest BCUT2D eigenvalue weighted by atomic mass is 35.5. The van der Waals surface area contributed by atoms with Crippen molar-refractivity contribution in [3.8, 4) is 0 Å². The molecule has 0 saturated heterocycles. The van der Waals surface area contributed by atoms with Gasteiger partial charge in [-0.2, -0.15) is 4.98 Å². The first-order chi connectivity index (χ1) is 16.2. The number of carbonyl (C=O) groups excluding carboxylic acids is 2. The summed E-state index contributed by atoms with van der Waals surface area (Å²) >= 11 is 6.32. The van der Waals surface area contributed by atoms with Gasteiger partial charge in [0.1, 0.15) is 5.02 Å². The van der Waals surface area contributed by atoms with Gasteiger partial charge in [0.05, 0.1) is 17.6 Å². The molecular formula is C24H26ClN7O2. The SMILES string of the molecule is Cc1ccc(C(N)=O)cc1Nc1ncc(Cl)c(Nc2ccccc2NC(=O)/C=C/CN(C)C)n1. The van der Waals surface area contributed by atoms with Crippen LogP contribution in [-0.4, -0.2) is 47.3 Å². The largest absolute Gasteiger partial charge is 0.366 e. The molecular weight excluding hydrogens is 454 g/mol. The fourth-order valence-electron chi connectivity index (χ4n) is 2.92. The Kier molecular flexibility index (Phi) is 8.18. The van der Waals surface area contributed by atoms with Gasteiger partial charge >= 0.3 is 0 Å². The highest BCUT2D eigenvalue weighted by Crippen LogP contribution is 2.29. The molecule has 3 rings (SSSR count). The van der Waals surface area contributed by atoms with Gasteiger partial charge < -0.3 is 26.6 Å². The Bertz CT molecular complexity index is 1230. The maximum Gasteiger partial charge on any atom is 0.248 e. The van der Waals surface area contributed by atoms with Crippen LogP contribution >= 0.6 is 11.6 Å². The number of aryl methyl sites for hydroxylation is 1. The molecule has 0 spiro atoms. The molecule has 176 valence electrons. The lowest BCUT2D eigenvalue weighted by atomic mass is 10.1. The number of likely N-dealkylation sites (N-methyl/N-ethyl adjacent to an activating group) is 1. The summed E-state index contributed by atoms with van der Waals surface area (Å²) in [6.07, 6.45) is 4.72. The topological polar surface area (TPSA) is 125 Å². The summed E-state index contributed by atoms with van der Waals surface area (Å²) in [5.41, 5.74) is 8.44. The molecule has 2 aromatic carbocycles. The van der Waals surface area contributed by atoms with Crippen molar-refractivity contribution in [1.29, 1.82) is 0 Å². The van der Waals surface area contributed by atoms with Gasteiger partial charge in [0.2, 0.25) is 17.8 Å². The standard InChI is InChI=1S/C24H26ClN7O2/c1-15-10-11-16(22(26)34)13-20(15)30-24-27-14-17(25)23(31-24)29-19-8-5-4-7-18(19)28-21(33)9-6-12-32(2)3/h4-11,13-14H,12H2,1-3H3,(H2,26,34)(H,28,33)(H2,27,29,30,31)/b9-6+. The summed E-state index contributed by atoms with van der Waals surface area (Å²) in [4.78, 5) is 34.4. The zero-order chi connectivity index (χ0) is 24.7. The van der Waals surface area contributed by atoms with Crippen LogP contribution < -0.4 is 21.7 Å². The molecule has 1 heterocycles. The zero-order valence-corrected chi connectivity index (χ0v) is 19.8. The number of nitrogens with one attached hydrogen (secondary N) is 3. The average Bonchev–Trinajstić information content (AvgIpc) is 2.78. The van der Waals surface area contributed by atoms with Crippen LogP contribution in [-0.2, 0) is 4.79 Å². The summed E-state index contributed by atoms with van der Waals surface area (Å²) < 4.78 is 0. The lowest BCUT2D eigenvalue weighted by Gasteiger charge is -2.14. The van der Waals surface area contributed by atoms with Crippen LogP contribution in [0.25, 0.3) is 0 Å². The van der Waals surface area contributed by atoms with Crippen LogP contribution in [0.3, 0.4) is 0 Å². The highest BCUT2D eigenvalue weighted by Gasteiger charge is 2.12. The van der Waals surface area contributed by atoms with E-state index in [-0.39, 0.29) is 11.9 Å². The predicted molar refractivity (Wildman–Crippen MR) is 136 cm³/mol. The zero-order valence-electron chi connectivity index (χ0n) is 19.1. The fraction of sp³-hybridized carbons (Fsp3) is 0.167. The third-order valence-electron chi connectivity index (χ3n) is 4.69. The number of amides is 2. The van der Waals surface area contributed by atoms with E-state index in [1.165, 1.54) is 12.3 Å². The highest BCUT2D eigenvalue weighted by molar-refractivity contribution is 6.33. The third kappa shape index (κ3) is 6.77. The van der Waals surface area contributed by atoms with Crippen LogP contribution in [0.2, 0.25) is 5.02 Å². The van der Waals surface area contributed by atoms with Crippen LogP contribution in [0.1, 0.15) is 15.9 Å². The van der Waals surface area contributed by atoms with Crippen molar-refractivity contribution in [1.82, 2.24) is 14.9 Å². The second-order valence-electron chi connectivity index (χ2n) is 7.73. The summed E-state index contributed by atoms with van der Waals surface area (Å²) in [6.45, 7) is 2.54. The van der Waals surface area contributed by atoms with Crippen molar-refractivity contribution in [2.45, 2.75) is 6.92 Å². The van der Waals surface area contributed by atoms with Gasteiger partial charge in [0.25, 0.3) is 0 Å². The van der Waals surface area contributed by atoms with Gasteiger partial charge in [-0.1, -0.05) is 35.9 Å². The van der Waals surface area contributed by atoms with Crippen molar-refractivity contribution >= 4 is 52.2 Å². The number of benzene rings is 2. The molecule has 5 N–H and O–H groups in total. The maximum absolute atomic E-state index is 12.3. The Morgan fingerprint density at radius 2 is 1.82 bits per heavy atom. The van der Waals surface area contributed by atoms with Gasteiger partial charge in [0, 0.05) is 23.9 Å². The summed E-state index contributed by atoms with van der Waals surface area (Å²) in [6, 6.07) is 12.3. The van der Waals surface area contributed by atoms with Gasteiger partial charge in [0.15, 0.2) is 5.82 Å². The number of hydrogen-bond acceptors (Lipinski definition) is 7. The molecule has 0 unspecified atom stereocenters. The number of nitrogens with zero attached hydrogens (tertiary/aromatic N) is 3. The van der Waals surface area contributed by atoms with Crippen LogP contribution in [0, 0.1) is 6.92 Å². The molecule has 0 fully saturated rings. The van der Waals surface area contributed by atoms with E-state index >= 15 is 0 Å². The first-order valence-corrected chi connectivity index (χ1v) is 10.8. The van der Waals surface area contributed by atoms with Crippen molar-refractivity contribution in [2.75, 3.05) is 36.6 Å². The Labute approximate surface area is 203 Å². The smallest absolute Gasteiger partial charge is 0.248 e. The van der Waals surface area contributed by atoms with Crippen molar-refractivity contribution in [3.63, 3.8) is 0 Å². The van der Waals surface area contributed by atoms with Crippen molar-refractivity contribution < 1.29 is 9.59 Å². The molecule has 0 aliphatic heterocycles. The number of aromatic nitrogens is 2. The first kappa shape index (κ1) is 24.7. The van der Waals surface area contributed by atoms with Gasteiger partial charge in [-0.05, 0) is 50.8 Å². The first-order valence-electron chi connectivity index (χ1n) is 10.4. The molecule has 2 amide bonds. The van der Waals surface area contributed by atoms with E-state index in [0.29, 0.717) is 40.0 Å². The number of halogens is 1. The maximum atomic E-state index is 12.3. The molecule has 0 atom stereocenters. The minimum absolute atomic E-state index is 0.253. The summed E-state index contributed by atoms with van der Waals surface area (Å²) in [7, 11) is 3.84. The van der Waals surface area contributed by atoms with E-state index < -0.39 is 5.91 Å². The van der Waals surface area contributed by atoms with E-state index in [4.69, 9.17) is 17.3 Å². The van der Waals surface area contributed by atoms with E-state index in [1.54, 1.807) is 36.4 Å². The molecule has 0 aliphatic carbocycles. The third-order valence-corrected chi connectivity index (χ3v) is 4.97. The van der Waals surface area contributed by atoms with E-state index in [2.05, 4.69) is 25.9 Å². The molecule has 34 heavy (non-hydrogen) atoms. The second-order valence-corrected chi connectivity index (χ2v) is 8.14. The van der Waals surface area contributed by atoms with Crippen LogP contribution in [0.5, 0.6) is 0 Å². The van der Waals surface area contributed by atoms with Crippen LogP contribution in [0.15, 0.2) is 60.8 Å². The lowest BCUT2D eigenvalue weighted by Crippen LogP contribution is -2.13. The van der Waals surface area contributed by atoms with E-state index in [0.717, 1.165) is 5.56 Å². The molecule has 9 nitrogen and oxygen atoms in total. The van der Waals surface area contributed by atoms with E-state index in [1.807, 2.05) is 38.1 Å². The minimum Gasteiger partial charge on any atom is -0.366 e. The number of hydrogen-bond donors (Lipinski definition) is 4. The van der Waals surface area contributed by atoms with Gasteiger partial charge in [-0.3, -0.25) is 9.59 Å². The Balaban J connectivity index is 1.81. The number of para-hydroxylation sites is 2. The Morgan fingerprint density at radius 1 is 1.09 bits per heavy atom. The minimum atomic E-state index is -0.530. The summed E-state index contributed by atoms with van der Waals surface area (Å²) in [5.74, 6) is -0.174. The molecule has 0 saturated carbocycles. The Morgan fingerprint density at radius 3 is 2.53 bits per heavy atom. The predicted octanol–water partition coefficient (Wildman–Crippen LogP) is 4.08.